The Morgan fingerprint density at radius 2 is 2.50 bits per heavy atom. The predicted molar refractivity (Wildman–Crippen MR) is 49.9 cm³/mol. The fraction of sp³-hybridized carbons (Fsp3) is 0.667. The van der Waals surface area contributed by atoms with E-state index < -0.39 is 0 Å². The lowest BCUT2D eigenvalue weighted by Crippen LogP contribution is -2.32. The fourth-order valence-electron chi connectivity index (χ4n) is 1.20. The third-order valence-corrected chi connectivity index (χ3v) is 3.50. The average molecular weight is 207 g/mol. The van der Waals surface area contributed by atoms with Crippen molar-refractivity contribution in [3.8, 4) is 0 Å². The van der Waals surface area contributed by atoms with Crippen LogP contribution in [0.15, 0.2) is 0 Å². The molecule has 0 aromatic heterocycles. The first kappa shape index (κ1) is 9.88. The molecule has 1 amide bonds. The summed E-state index contributed by atoms with van der Waals surface area (Å²) in [6, 6.07) is -0.349. The lowest BCUT2D eigenvalue weighted by Gasteiger charge is -2.19. The van der Waals surface area contributed by atoms with Crippen molar-refractivity contribution in [1.29, 1.82) is 0 Å². The second-order valence-electron chi connectivity index (χ2n) is 2.47. The SMILES string of the molecule is COC(=O)[C@@H]1CCC(=O)N1PP. The molecule has 0 aliphatic carbocycles. The van der Waals surface area contributed by atoms with Gasteiger partial charge in [0.2, 0.25) is 5.91 Å². The lowest BCUT2D eigenvalue weighted by atomic mass is 10.2. The lowest BCUT2D eigenvalue weighted by molar-refractivity contribution is -0.146. The van der Waals surface area contributed by atoms with Crippen molar-refractivity contribution in [3.63, 3.8) is 0 Å². The standard InChI is InChI=1S/C6H11NO3P2/c1-10-6(9)4-2-3-5(8)7(4)12-11/h4,12H,2-3,11H2,1H3/t4-/m0/s1. The highest BCUT2D eigenvalue weighted by Crippen LogP contribution is 2.36. The quantitative estimate of drug-likeness (QED) is 0.490. The van der Waals surface area contributed by atoms with E-state index in [-0.39, 0.29) is 26.3 Å². The van der Waals surface area contributed by atoms with Gasteiger partial charge in [-0.05, 0) is 14.8 Å². The molecule has 1 aliphatic heterocycles. The topological polar surface area (TPSA) is 46.6 Å². The summed E-state index contributed by atoms with van der Waals surface area (Å²) in [6.45, 7) is 0. The second-order valence-corrected chi connectivity index (χ2v) is 3.99. The molecule has 0 aromatic rings. The molecule has 6 heteroatoms. The van der Waals surface area contributed by atoms with Crippen LogP contribution in [-0.2, 0) is 14.3 Å². The summed E-state index contributed by atoms with van der Waals surface area (Å²) in [5, 5.41) is 0. The van der Waals surface area contributed by atoms with Crippen molar-refractivity contribution in [2.75, 3.05) is 7.11 Å². The van der Waals surface area contributed by atoms with E-state index in [9.17, 15) is 9.59 Å². The molecule has 12 heavy (non-hydrogen) atoms. The Morgan fingerprint density at radius 3 is 3.00 bits per heavy atom. The van der Waals surface area contributed by atoms with Gasteiger partial charge < -0.3 is 9.41 Å². The Labute approximate surface area is 75.0 Å². The third-order valence-electron chi connectivity index (χ3n) is 1.82. The van der Waals surface area contributed by atoms with Crippen molar-refractivity contribution in [2.45, 2.75) is 18.9 Å². The normalized spacial score (nSPS) is 24.0. The van der Waals surface area contributed by atoms with Gasteiger partial charge in [0.25, 0.3) is 0 Å². The highest BCUT2D eigenvalue weighted by molar-refractivity contribution is 8.01. The Hall–Kier alpha value is -0.200. The number of hydrogen-bond donors (Lipinski definition) is 0. The van der Waals surface area contributed by atoms with Crippen LogP contribution < -0.4 is 0 Å². The molecule has 2 unspecified atom stereocenters. The summed E-state index contributed by atoms with van der Waals surface area (Å²) >= 11 is 0. The van der Waals surface area contributed by atoms with Gasteiger partial charge in [-0.3, -0.25) is 4.79 Å². The molecular weight excluding hydrogens is 196 g/mol. The minimum absolute atomic E-state index is 0.0405. The zero-order chi connectivity index (χ0) is 9.14. The van der Waals surface area contributed by atoms with Gasteiger partial charge in [0, 0.05) is 6.42 Å². The minimum Gasteiger partial charge on any atom is -0.467 e. The third kappa shape index (κ3) is 1.75. The largest absolute Gasteiger partial charge is 0.467 e. The molecule has 68 valence electrons. The van der Waals surface area contributed by atoms with Crippen LogP contribution in [-0.4, -0.2) is 29.7 Å². The Morgan fingerprint density at radius 1 is 1.83 bits per heavy atom. The number of hydrogen-bond acceptors (Lipinski definition) is 3. The van der Waals surface area contributed by atoms with Crippen LogP contribution in [0, 0.1) is 0 Å². The number of carbonyl (C=O) groups excluding carboxylic acids is 2. The van der Waals surface area contributed by atoms with Gasteiger partial charge in [-0.15, -0.1) is 0 Å². The minimum atomic E-state index is -0.349. The first-order valence-corrected chi connectivity index (χ1v) is 6.32. The first-order valence-electron chi connectivity index (χ1n) is 3.57. The van der Waals surface area contributed by atoms with Crippen LogP contribution in [0.25, 0.3) is 0 Å². The van der Waals surface area contributed by atoms with Crippen molar-refractivity contribution in [2.24, 2.45) is 0 Å². The monoisotopic (exact) mass is 207 g/mol. The summed E-state index contributed by atoms with van der Waals surface area (Å²) in [6.07, 6.45) is 1.05. The van der Waals surface area contributed by atoms with E-state index >= 15 is 0 Å². The van der Waals surface area contributed by atoms with Crippen LogP contribution in [0.4, 0.5) is 0 Å². The maximum Gasteiger partial charge on any atom is 0.328 e. The van der Waals surface area contributed by atoms with Gasteiger partial charge in [-0.2, -0.15) is 0 Å². The summed E-state index contributed by atoms with van der Waals surface area (Å²) in [5.41, 5.74) is 0. The van der Waals surface area contributed by atoms with Gasteiger partial charge >= 0.3 is 5.97 Å². The Kier molecular flexibility index (Phi) is 3.42. The zero-order valence-electron chi connectivity index (χ0n) is 6.74. The van der Waals surface area contributed by atoms with Gasteiger partial charge in [-0.1, -0.05) is 8.93 Å². The average Bonchev–Trinajstić information content (AvgIpc) is 2.45. The van der Waals surface area contributed by atoms with Crippen molar-refractivity contribution in [3.05, 3.63) is 0 Å². The molecule has 0 radical (unpaired) electrons. The molecule has 0 N–H and O–H groups in total. The van der Waals surface area contributed by atoms with Crippen LogP contribution in [0.2, 0.25) is 0 Å². The van der Waals surface area contributed by atoms with Crippen LogP contribution in [0.5, 0.6) is 0 Å². The molecule has 0 spiro atoms. The van der Waals surface area contributed by atoms with Crippen LogP contribution in [0.3, 0.4) is 0 Å². The molecule has 4 nitrogen and oxygen atoms in total. The first-order chi connectivity index (χ1) is 5.70. The summed E-state index contributed by atoms with van der Waals surface area (Å²) < 4.78 is 6.13. The molecule has 0 aromatic carbocycles. The maximum atomic E-state index is 11.1. The number of carbonyl (C=O) groups is 2. The number of rotatable bonds is 2. The molecule has 3 atom stereocenters. The molecule has 0 bridgehead atoms. The van der Waals surface area contributed by atoms with Gasteiger partial charge in [0.1, 0.15) is 6.04 Å². The number of methoxy groups -OCH3 is 1. The van der Waals surface area contributed by atoms with E-state index in [1.165, 1.54) is 7.11 Å². The van der Waals surface area contributed by atoms with Crippen molar-refractivity contribution >= 4 is 29.2 Å². The van der Waals surface area contributed by atoms with E-state index in [1.54, 1.807) is 4.67 Å². The second kappa shape index (κ2) is 4.15. The Balaban J connectivity index is 2.66. The summed E-state index contributed by atoms with van der Waals surface area (Å²) in [4.78, 5) is 22.3. The number of esters is 1. The van der Waals surface area contributed by atoms with Gasteiger partial charge in [0.15, 0.2) is 0 Å². The number of ether oxygens (including phenoxy) is 1. The molecule has 1 saturated heterocycles. The van der Waals surface area contributed by atoms with Crippen LogP contribution >= 0.6 is 17.3 Å². The van der Waals surface area contributed by atoms with E-state index in [4.69, 9.17) is 0 Å². The van der Waals surface area contributed by atoms with E-state index in [2.05, 4.69) is 13.7 Å². The summed E-state index contributed by atoms with van der Waals surface area (Å²) in [5.74, 6) is -0.269. The molecule has 1 rings (SSSR count). The van der Waals surface area contributed by atoms with Gasteiger partial charge in [0.05, 0.1) is 7.11 Å². The predicted octanol–water partition coefficient (Wildman–Crippen LogP) is 0.534. The molecule has 0 saturated carbocycles. The molecular formula is C6H11NO3P2. The summed E-state index contributed by atoms with van der Waals surface area (Å²) in [7, 11) is 4.07. The zero-order valence-corrected chi connectivity index (χ0v) is 8.90. The van der Waals surface area contributed by atoms with Crippen molar-refractivity contribution < 1.29 is 14.3 Å². The van der Waals surface area contributed by atoms with Crippen LogP contribution in [0.1, 0.15) is 12.8 Å². The maximum absolute atomic E-state index is 11.1. The molecule has 1 fully saturated rings. The Bertz CT molecular complexity index is 209. The van der Waals surface area contributed by atoms with Crippen molar-refractivity contribution in [1.82, 2.24) is 4.67 Å². The highest BCUT2D eigenvalue weighted by Gasteiger charge is 2.35. The smallest absolute Gasteiger partial charge is 0.328 e. The molecule has 1 heterocycles. The van der Waals surface area contributed by atoms with E-state index in [1.807, 2.05) is 0 Å². The van der Waals surface area contributed by atoms with E-state index in [0.29, 0.717) is 12.8 Å². The number of nitrogens with zero attached hydrogens (tertiary/aromatic N) is 1. The van der Waals surface area contributed by atoms with E-state index in [0.717, 1.165) is 0 Å². The molecule has 1 aliphatic rings. The van der Waals surface area contributed by atoms with Gasteiger partial charge in [-0.25, -0.2) is 4.79 Å². The fourth-order valence-corrected chi connectivity index (χ4v) is 2.85. The highest BCUT2D eigenvalue weighted by atomic mass is 32.0. The number of amides is 1.